The minimum absolute atomic E-state index is 0.0707. The molecule has 0 saturated carbocycles. The molecule has 1 atom stereocenters. The van der Waals surface area contributed by atoms with Crippen molar-refractivity contribution in [3.05, 3.63) is 47.7 Å². The number of hydrogen-bond acceptors (Lipinski definition) is 3. The van der Waals surface area contributed by atoms with E-state index in [1.807, 2.05) is 30.3 Å². The molecule has 0 aromatic heterocycles. The Balaban J connectivity index is 2.03. The van der Waals surface area contributed by atoms with E-state index in [2.05, 4.69) is 5.32 Å². The van der Waals surface area contributed by atoms with Crippen LogP contribution in [0.1, 0.15) is 37.3 Å². The molecule has 0 unspecified atom stereocenters. The van der Waals surface area contributed by atoms with E-state index in [4.69, 9.17) is 9.84 Å². The average Bonchev–Trinajstić information content (AvgIpc) is 2.53. The van der Waals surface area contributed by atoms with Crippen LogP contribution in [0.5, 0.6) is 0 Å². The Morgan fingerprint density at radius 2 is 2.15 bits per heavy atom. The molecule has 1 amide bonds. The van der Waals surface area contributed by atoms with Crippen LogP contribution in [0.3, 0.4) is 0 Å². The van der Waals surface area contributed by atoms with Crippen molar-refractivity contribution in [2.75, 3.05) is 13.2 Å². The van der Waals surface area contributed by atoms with Crippen LogP contribution < -0.4 is 5.32 Å². The number of aliphatic hydroxyl groups excluding tert-OH is 1. The van der Waals surface area contributed by atoms with Crippen LogP contribution in [0.25, 0.3) is 0 Å². The van der Waals surface area contributed by atoms with E-state index >= 15 is 0 Å². The second-order valence-corrected chi connectivity index (χ2v) is 4.92. The topological polar surface area (TPSA) is 58.6 Å². The fraction of sp³-hybridized carbons (Fsp3) is 0.438. The van der Waals surface area contributed by atoms with Gasteiger partial charge < -0.3 is 15.2 Å². The zero-order valence-electron chi connectivity index (χ0n) is 11.5. The smallest absolute Gasteiger partial charge is 0.250 e. The zero-order chi connectivity index (χ0) is 14.2. The predicted octanol–water partition coefficient (Wildman–Crippen LogP) is 2.31. The number of carbonyl (C=O) groups excluding carboxylic acids is 1. The van der Waals surface area contributed by atoms with Crippen LogP contribution in [0.4, 0.5) is 0 Å². The second-order valence-electron chi connectivity index (χ2n) is 4.92. The monoisotopic (exact) mass is 275 g/mol. The Kier molecular flexibility index (Phi) is 5.62. The molecule has 4 nitrogen and oxygen atoms in total. The first-order chi connectivity index (χ1) is 9.81. The predicted molar refractivity (Wildman–Crippen MR) is 76.9 cm³/mol. The maximum absolute atomic E-state index is 12.2. The molecular weight excluding hydrogens is 254 g/mol. The lowest BCUT2D eigenvalue weighted by Crippen LogP contribution is -2.30. The van der Waals surface area contributed by atoms with E-state index in [9.17, 15) is 4.79 Å². The summed E-state index contributed by atoms with van der Waals surface area (Å²) in [5.41, 5.74) is 1.76. The van der Waals surface area contributed by atoms with Crippen molar-refractivity contribution in [1.29, 1.82) is 0 Å². The van der Waals surface area contributed by atoms with E-state index in [1.54, 1.807) is 6.26 Å². The molecule has 1 aromatic carbocycles. The number of rotatable bonds is 6. The minimum Gasteiger partial charge on any atom is -0.501 e. The van der Waals surface area contributed by atoms with Gasteiger partial charge in [-0.15, -0.1) is 0 Å². The molecular formula is C16H21NO3. The van der Waals surface area contributed by atoms with Crippen LogP contribution in [0.2, 0.25) is 0 Å². The molecule has 0 radical (unpaired) electrons. The molecule has 0 bridgehead atoms. The number of hydrogen-bond donors (Lipinski definition) is 2. The van der Waals surface area contributed by atoms with Crippen LogP contribution in [-0.2, 0) is 9.53 Å². The summed E-state index contributed by atoms with van der Waals surface area (Å²) in [6, 6.07) is 9.78. The summed E-state index contributed by atoms with van der Waals surface area (Å²) in [6.07, 6.45) is 4.59. The third-order valence-corrected chi connectivity index (χ3v) is 3.38. The number of ether oxygens (including phenoxy) is 1. The maximum Gasteiger partial charge on any atom is 0.250 e. The molecule has 1 heterocycles. The summed E-state index contributed by atoms with van der Waals surface area (Å²) < 4.78 is 5.21. The number of nitrogens with one attached hydrogen (secondary N) is 1. The zero-order valence-corrected chi connectivity index (χ0v) is 11.5. The van der Waals surface area contributed by atoms with Crippen molar-refractivity contribution < 1.29 is 14.6 Å². The van der Waals surface area contributed by atoms with E-state index in [0.717, 1.165) is 24.8 Å². The van der Waals surface area contributed by atoms with Gasteiger partial charge in [0, 0.05) is 6.61 Å². The van der Waals surface area contributed by atoms with E-state index < -0.39 is 0 Å². The van der Waals surface area contributed by atoms with Gasteiger partial charge in [-0.3, -0.25) is 4.79 Å². The molecule has 20 heavy (non-hydrogen) atoms. The van der Waals surface area contributed by atoms with Gasteiger partial charge >= 0.3 is 0 Å². The first-order valence-electron chi connectivity index (χ1n) is 7.08. The third kappa shape index (κ3) is 4.10. The molecule has 2 N–H and O–H groups in total. The Bertz CT molecular complexity index is 456. The highest BCUT2D eigenvalue weighted by atomic mass is 16.5. The van der Waals surface area contributed by atoms with Crippen molar-refractivity contribution in [1.82, 2.24) is 5.32 Å². The summed E-state index contributed by atoms with van der Waals surface area (Å²) in [7, 11) is 0. The normalized spacial score (nSPS) is 15.9. The molecule has 108 valence electrons. The first-order valence-corrected chi connectivity index (χ1v) is 7.08. The summed E-state index contributed by atoms with van der Waals surface area (Å²) >= 11 is 0. The lowest BCUT2D eigenvalue weighted by molar-refractivity contribution is -0.118. The third-order valence-electron chi connectivity index (χ3n) is 3.38. The molecule has 1 aromatic rings. The van der Waals surface area contributed by atoms with E-state index in [0.29, 0.717) is 18.6 Å². The average molecular weight is 275 g/mol. The quantitative estimate of drug-likeness (QED) is 0.837. The Morgan fingerprint density at radius 1 is 1.35 bits per heavy atom. The van der Waals surface area contributed by atoms with Gasteiger partial charge in [-0.25, -0.2) is 0 Å². The number of amides is 1. The van der Waals surface area contributed by atoms with Gasteiger partial charge in [0.15, 0.2) is 0 Å². The molecule has 0 fully saturated rings. The molecule has 1 aliphatic rings. The van der Waals surface area contributed by atoms with Crippen LogP contribution in [0.15, 0.2) is 42.2 Å². The summed E-state index contributed by atoms with van der Waals surface area (Å²) in [5, 5.41) is 12.0. The van der Waals surface area contributed by atoms with Crippen molar-refractivity contribution in [3.63, 3.8) is 0 Å². The second kappa shape index (κ2) is 7.70. The van der Waals surface area contributed by atoms with E-state index in [1.165, 1.54) is 0 Å². The number of carbonyl (C=O) groups is 1. The standard InChI is InChI=1S/C16H21NO3/c18-10-4-9-15(13-6-2-1-3-7-13)17-16(19)14-8-5-11-20-12-14/h1-3,6-7,12,15,18H,4-5,8-11H2,(H,17,19)/t15-/m1/s1. The molecule has 0 spiro atoms. The summed E-state index contributed by atoms with van der Waals surface area (Å²) in [6.45, 7) is 0.814. The van der Waals surface area contributed by atoms with Crippen molar-refractivity contribution in [3.8, 4) is 0 Å². The lowest BCUT2D eigenvalue weighted by atomic mass is 10.0. The maximum atomic E-state index is 12.2. The molecule has 1 aliphatic heterocycles. The Hall–Kier alpha value is -1.81. The van der Waals surface area contributed by atoms with Gasteiger partial charge in [0.25, 0.3) is 5.91 Å². The minimum atomic E-state index is -0.0727. The van der Waals surface area contributed by atoms with Crippen LogP contribution in [0, 0.1) is 0 Å². The Labute approximate surface area is 119 Å². The van der Waals surface area contributed by atoms with E-state index in [-0.39, 0.29) is 18.6 Å². The molecule has 0 saturated heterocycles. The van der Waals surface area contributed by atoms with Crippen molar-refractivity contribution in [2.24, 2.45) is 0 Å². The van der Waals surface area contributed by atoms with Gasteiger partial charge in [-0.2, -0.15) is 0 Å². The first kappa shape index (κ1) is 14.6. The molecule has 2 rings (SSSR count). The highest BCUT2D eigenvalue weighted by Gasteiger charge is 2.18. The van der Waals surface area contributed by atoms with Crippen molar-refractivity contribution >= 4 is 5.91 Å². The molecule has 4 heteroatoms. The van der Waals surface area contributed by atoms with Crippen LogP contribution >= 0.6 is 0 Å². The van der Waals surface area contributed by atoms with Crippen molar-refractivity contribution in [2.45, 2.75) is 31.7 Å². The SMILES string of the molecule is O=C(N[C@H](CCCO)c1ccccc1)C1=COCCC1. The van der Waals surface area contributed by atoms with Gasteiger partial charge in [0.1, 0.15) is 0 Å². The van der Waals surface area contributed by atoms with Gasteiger partial charge in [0.05, 0.1) is 24.5 Å². The Morgan fingerprint density at radius 3 is 2.80 bits per heavy atom. The largest absolute Gasteiger partial charge is 0.501 e. The number of aliphatic hydroxyl groups is 1. The summed E-state index contributed by atoms with van der Waals surface area (Å²) in [5.74, 6) is -0.0727. The summed E-state index contributed by atoms with van der Waals surface area (Å²) in [4.78, 5) is 12.2. The molecule has 0 aliphatic carbocycles. The lowest BCUT2D eigenvalue weighted by Gasteiger charge is -2.21. The highest BCUT2D eigenvalue weighted by Crippen LogP contribution is 2.20. The van der Waals surface area contributed by atoms with Crippen LogP contribution in [-0.4, -0.2) is 24.2 Å². The number of benzene rings is 1. The fourth-order valence-electron chi connectivity index (χ4n) is 2.29. The van der Waals surface area contributed by atoms with Gasteiger partial charge in [-0.05, 0) is 31.2 Å². The van der Waals surface area contributed by atoms with Gasteiger partial charge in [-0.1, -0.05) is 30.3 Å². The fourth-order valence-corrected chi connectivity index (χ4v) is 2.29. The van der Waals surface area contributed by atoms with Gasteiger partial charge in [0.2, 0.25) is 0 Å². The highest BCUT2D eigenvalue weighted by molar-refractivity contribution is 5.93.